The molecule has 4 heterocycles. The fourth-order valence-electron chi connectivity index (χ4n) is 5.47. The zero-order valence-electron chi connectivity index (χ0n) is 20.2. The largest absolute Gasteiger partial charge is 0.390 e. The summed E-state index contributed by atoms with van der Waals surface area (Å²) in [4.78, 5) is 39.3. The number of thioether (sulfide) groups is 1. The number of amides is 2. The minimum atomic E-state index is -0.583. The van der Waals surface area contributed by atoms with Gasteiger partial charge < -0.3 is 14.9 Å². The lowest BCUT2D eigenvalue weighted by Gasteiger charge is -2.43. The van der Waals surface area contributed by atoms with Gasteiger partial charge in [-0.05, 0) is 36.8 Å². The van der Waals surface area contributed by atoms with E-state index < -0.39 is 6.10 Å². The molecule has 1 N–H and O–H groups in total. The van der Waals surface area contributed by atoms with Crippen LogP contribution in [0.4, 0.5) is 0 Å². The van der Waals surface area contributed by atoms with Crippen LogP contribution in [0.5, 0.6) is 0 Å². The number of hydrogen-bond donors (Lipinski definition) is 1. The van der Waals surface area contributed by atoms with Crippen LogP contribution >= 0.6 is 11.8 Å². The molecule has 0 bridgehead atoms. The Balaban J connectivity index is 1.17. The average Bonchev–Trinajstić information content (AvgIpc) is 2.88. The number of rotatable bonds is 4. The molecule has 5 rings (SSSR count). The van der Waals surface area contributed by atoms with E-state index in [0.717, 1.165) is 56.9 Å². The van der Waals surface area contributed by atoms with Crippen LogP contribution in [0.3, 0.4) is 0 Å². The second-order valence-electron chi connectivity index (χ2n) is 9.73. The van der Waals surface area contributed by atoms with Crippen molar-refractivity contribution in [2.45, 2.75) is 61.6 Å². The van der Waals surface area contributed by atoms with Crippen LogP contribution < -0.4 is 0 Å². The van der Waals surface area contributed by atoms with Crippen molar-refractivity contribution < 1.29 is 14.7 Å². The molecule has 2 amide bonds. The highest BCUT2D eigenvalue weighted by atomic mass is 32.2. The molecule has 3 aliphatic rings. The molecule has 0 radical (unpaired) electrons. The predicted molar refractivity (Wildman–Crippen MR) is 134 cm³/mol. The number of carbonyl (C=O) groups is 2. The second kappa shape index (κ2) is 10.6. The maximum absolute atomic E-state index is 13.2. The van der Waals surface area contributed by atoms with Crippen LogP contribution in [-0.4, -0.2) is 91.7 Å². The van der Waals surface area contributed by atoms with Gasteiger partial charge >= 0.3 is 0 Å². The number of aromatic nitrogens is 2. The second-order valence-corrected chi connectivity index (χ2v) is 11.0. The van der Waals surface area contributed by atoms with E-state index in [9.17, 15) is 14.7 Å². The van der Waals surface area contributed by atoms with Gasteiger partial charge in [-0.1, -0.05) is 24.3 Å². The van der Waals surface area contributed by atoms with Crippen molar-refractivity contribution >= 4 is 23.6 Å². The summed E-state index contributed by atoms with van der Waals surface area (Å²) in [6.07, 6.45) is 4.44. The van der Waals surface area contributed by atoms with Crippen molar-refractivity contribution in [2.24, 2.45) is 0 Å². The van der Waals surface area contributed by atoms with Crippen LogP contribution in [0.15, 0.2) is 41.7 Å². The average molecular weight is 496 g/mol. The fourth-order valence-corrected chi connectivity index (χ4v) is 6.55. The lowest BCUT2D eigenvalue weighted by molar-refractivity contribution is -0.129. The number of carbonyl (C=O) groups excluding carboxylic acids is 2. The van der Waals surface area contributed by atoms with Gasteiger partial charge in [0.05, 0.1) is 6.10 Å². The Morgan fingerprint density at radius 2 is 1.74 bits per heavy atom. The first-order valence-corrected chi connectivity index (χ1v) is 13.4. The maximum atomic E-state index is 13.2. The molecule has 2 fully saturated rings. The molecule has 2 aromatic rings. The highest BCUT2D eigenvalue weighted by Gasteiger charge is 2.35. The SMILES string of the molecule is CC(=O)N1CCC(Sc2cc(C(=O)N3CCC(N4CCc5ccccc5C4)[C@@H](O)C3)ncn2)CC1. The molecule has 186 valence electrons. The van der Waals surface area contributed by atoms with Gasteiger partial charge in [-0.25, -0.2) is 9.97 Å². The van der Waals surface area contributed by atoms with Gasteiger partial charge in [0.2, 0.25) is 5.91 Å². The molecule has 0 saturated carbocycles. The van der Waals surface area contributed by atoms with Gasteiger partial charge in [-0.2, -0.15) is 0 Å². The number of aliphatic hydroxyl groups is 1. The van der Waals surface area contributed by atoms with Crippen LogP contribution in [0.25, 0.3) is 0 Å². The van der Waals surface area contributed by atoms with E-state index >= 15 is 0 Å². The number of piperidine rings is 2. The Morgan fingerprint density at radius 3 is 2.49 bits per heavy atom. The van der Waals surface area contributed by atoms with Crippen molar-refractivity contribution in [3.63, 3.8) is 0 Å². The number of β-amino-alcohol motifs (C(OH)–C–C–N with tert-alkyl or cyclic N) is 1. The van der Waals surface area contributed by atoms with Gasteiger partial charge in [0, 0.05) is 63.6 Å². The third-order valence-electron chi connectivity index (χ3n) is 7.50. The quantitative estimate of drug-likeness (QED) is 0.651. The Bertz CT molecular complexity index is 1070. The summed E-state index contributed by atoms with van der Waals surface area (Å²) in [5.41, 5.74) is 3.11. The summed E-state index contributed by atoms with van der Waals surface area (Å²) in [6, 6.07) is 10.3. The number of likely N-dealkylation sites (tertiary alicyclic amines) is 2. The van der Waals surface area contributed by atoms with Gasteiger partial charge in [0.25, 0.3) is 5.91 Å². The number of fused-ring (bicyclic) bond motifs is 1. The Hall–Kier alpha value is -2.49. The van der Waals surface area contributed by atoms with Crippen LogP contribution in [0, 0.1) is 0 Å². The molecule has 1 aromatic heterocycles. The zero-order chi connectivity index (χ0) is 24.4. The molecule has 1 unspecified atom stereocenters. The first-order chi connectivity index (χ1) is 17.0. The molecular weight excluding hydrogens is 462 g/mol. The van der Waals surface area contributed by atoms with E-state index in [-0.39, 0.29) is 17.9 Å². The topological polar surface area (TPSA) is 89.9 Å². The van der Waals surface area contributed by atoms with Gasteiger partial charge in [-0.15, -0.1) is 11.8 Å². The van der Waals surface area contributed by atoms with Gasteiger partial charge in [0.1, 0.15) is 17.0 Å². The van der Waals surface area contributed by atoms with E-state index in [1.807, 2.05) is 4.90 Å². The van der Waals surface area contributed by atoms with E-state index in [1.54, 1.807) is 29.7 Å². The first-order valence-electron chi connectivity index (χ1n) is 12.5. The summed E-state index contributed by atoms with van der Waals surface area (Å²) >= 11 is 1.65. The Labute approximate surface area is 210 Å². The monoisotopic (exact) mass is 495 g/mol. The van der Waals surface area contributed by atoms with E-state index in [4.69, 9.17) is 0 Å². The molecule has 35 heavy (non-hydrogen) atoms. The molecule has 2 atom stereocenters. The first kappa shape index (κ1) is 24.2. The highest BCUT2D eigenvalue weighted by Crippen LogP contribution is 2.30. The van der Waals surface area contributed by atoms with Gasteiger partial charge in [-0.3, -0.25) is 14.5 Å². The highest BCUT2D eigenvalue weighted by molar-refractivity contribution is 7.99. The van der Waals surface area contributed by atoms with Gasteiger partial charge in [0.15, 0.2) is 0 Å². The Kier molecular flexibility index (Phi) is 7.36. The summed E-state index contributed by atoms with van der Waals surface area (Å²) in [7, 11) is 0. The van der Waals surface area contributed by atoms with E-state index in [2.05, 4.69) is 39.1 Å². The van der Waals surface area contributed by atoms with Crippen LogP contribution in [0.2, 0.25) is 0 Å². The molecule has 0 aliphatic carbocycles. The molecule has 0 spiro atoms. The standard InChI is InChI=1S/C26H33N5O3S/c1-18(32)29-11-7-21(8-12-29)35-25-14-22(27-17-28-25)26(34)31-13-9-23(24(33)16-31)30-10-6-19-4-2-3-5-20(19)15-30/h2-5,14,17,21,23-24,33H,6-13,15-16H2,1H3/t23?,24-/m0/s1. The third-order valence-corrected chi connectivity index (χ3v) is 8.77. The molecule has 3 aliphatic heterocycles. The summed E-state index contributed by atoms with van der Waals surface area (Å²) < 4.78 is 0. The maximum Gasteiger partial charge on any atom is 0.272 e. The van der Waals surface area contributed by atoms with Crippen molar-refractivity contribution in [1.29, 1.82) is 0 Å². The van der Waals surface area contributed by atoms with E-state index in [1.165, 1.54) is 17.5 Å². The Morgan fingerprint density at radius 1 is 1.00 bits per heavy atom. The minimum Gasteiger partial charge on any atom is -0.390 e. The lowest BCUT2D eigenvalue weighted by atomic mass is 9.94. The van der Waals surface area contributed by atoms with Crippen molar-refractivity contribution in [2.75, 3.05) is 32.7 Å². The summed E-state index contributed by atoms with van der Waals surface area (Å²) in [6.45, 7) is 5.85. The molecule has 1 aromatic carbocycles. The minimum absolute atomic E-state index is 0.0600. The van der Waals surface area contributed by atoms with Crippen molar-refractivity contribution in [3.05, 3.63) is 53.5 Å². The molecule has 8 nitrogen and oxygen atoms in total. The van der Waals surface area contributed by atoms with Crippen LogP contribution in [-0.2, 0) is 17.8 Å². The molecule has 2 saturated heterocycles. The number of aliphatic hydroxyl groups excluding tert-OH is 1. The van der Waals surface area contributed by atoms with E-state index in [0.29, 0.717) is 24.0 Å². The number of nitrogens with zero attached hydrogens (tertiary/aromatic N) is 5. The molecular formula is C26H33N5O3S. The van der Waals surface area contributed by atoms with Crippen molar-refractivity contribution in [1.82, 2.24) is 24.7 Å². The number of hydrogen-bond acceptors (Lipinski definition) is 7. The zero-order valence-corrected chi connectivity index (χ0v) is 21.0. The predicted octanol–water partition coefficient (Wildman–Crippen LogP) is 2.21. The third kappa shape index (κ3) is 5.52. The molecule has 9 heteroatoms. The van der Waals surface area contributed by atoms with Crippen molar-refractivity contribution in [3.8, 4) is 0 Å². The summed E-state index contributed by atoms with van der Waals surface area (Å²) in [5.74, 6) is -0.0263. The summed E-state index contributed by atoms with van der Waals surface area (Å²) in [5, 5.41) is 12.1. The lowest BCUT2D eigenvalue weighted by Crippen LogP contribution is -2.56. The number of benzene rings is 1. The smallest absolute Gasteiger partial charge is 0.272 e. The fraction of sp³-hybridized carbons (Fsp3) is 0.538. The van der Waals surface area contributed by atoms with Crippen LogP contribution in [0.1, 0.15) is 47.8 Å². The normalized spacial score (nSPS) is 23.7.